The molecule has 0 spiro atoms. The zero-order valence-electron chi connectivity index (χ0n) is 28.8. The van der Waals surface area contributed by atoms with Crippen molar-refractivity contribution in [2.75, 3.05) is 5.32 Å². The smallest absolute Gasteiger partial charge is 0.295 e. The van der Waals surface area contributed by atoms with E-state index in [0.717, 1.165) is 28.4 Å². The van der Waals surface area contributed by atoms with Crippen molar-refractivity contribution in [3.05, 3.63) is 112 Å². The third-order valence-electron chi connectivity index (χ3n) is 8.81. The van der Waals surface area contributed by atoms with Crippen LogP contribution in [0.1, 0.15) is 33.4 Å². The van der Waals surface area contributed by atoms with Crippen LogP contribution >= 0.6 is 0 Å². The summed E-state index contributed by atoms with van der Waals surface area (Å²) in [6.45, 7) is 10.8. The first kappa shape index (κ1) is 36.9. The van der Waals surface area contributed by atoms with Crippen molar-refractivity contribution < 1.29 is 43.3 Å². The Hall–Kier alpha value is -4.90. The van der Waals surface area contributed by atoms with E-state index in [9.17, 15) is 38.9 Å². The standard InChI is InChI=1S/C37H34N2O10S3/c1-19-13-20(2)35(21(3)14-19)38-25-7-10-28-31(16-25)49-32-17-26(39-36-22(4)15-23(5)37(24(36)6)52(46,47)48)8-11-29(32)34(28)30-12-9-27(50(40,41)42)18-33(30)51(43,44)45/h7-18,38H,1-6H3,(H,40,41,42)(H,43,44,45)(H,46,47,48)/b39-26+. The number of fused-ring (bicyclic) bond motifs is 2. The van der Waals surface area contributed by atoms with Crippen molar-refractivity contribution in [3.63, 3.8) is 0 Å². The van der Waals surface area contributed by atoms with Crippen LogP contribution in [0.15, 0.2) is 96.9 Å². The van der Waals surface area contributed by atoms with Crippen LogP contribution in [-0.4, -0.2) is 38.9 Å². The lowest BCUT2D eigenvalue weighted by atomic mass is 9.93. The zero-order valence-corrected chi connectivity index (χ0v) is 31.2. The molecule has 6 rings (SSSR count). The summed E-state index contributed by atoms with van der Waals surface area (Å²) in [7, 11) is -14.5. The second-order valence-corrected chi connectivity index (χ2v) is 16.9. The Bertz CT molecular complexity index is 2840. The summed E-state index contributed by atoms with van der Waals surface area (Å²) in [5.74, 6) is 0.209. The molecule has 0 saturated carbocycles. The second kappa shape index (κ2) is 12.9. The average molecular weight is 763 g/mol. The maximum absolute atomic E-state index is 12.7. The molecule has 1 heterocycles. The Morgan fingerprint density at radius 1 is 0.635 bits per heavy atom. The third kappa shape index (κ3) is 6.98. The number of nitrogens with zero attached hydrogens (tertiary/aromatic N) is 1. The molecule has 0 fully saturated rings. The number of hydrogen-bond donors (Lipinski definition) is 4. The van der Waals surface area contributed by atoms with Crippen LogP contribution in [-0.2, 0) is 30.4 Å². The van der Waals surface area contributed by atoms with Gasteiger partial charge in [-0.05, 0) is 106 Å². The van der Waals surface area contributed by atoms with Crippen LogP contribution in [0.5, 0.6) is 0 Å². The van der Waals surface area contributed by atoms with E-state index in [4.69, 9.17) is 9.41 Å². The Balaban J connectivity index is 1.67. The van der Waals surface area contributed by atoms with Gasteiger partial charge in [-0.1, -0.05) is 29.8 Å². The fourth-order valence-corrected chi connectivity index (χ4v) is 9.03. The van der Waals surface area contributed by atoms with E-state index >= 15 is 0 Å². The molecule has 0 amide bonds. The molecule has 0 aromatic heterocycles. The van der Waals surface area contributed by atoms with Crippen LogP contribution < -0.4 is 10.7 Å². The first-order chi connectivity index (χ1) is 24.1. The van der Waals surface area contributed by atoms with Crippen molar-refractivity contribution in [1.82, 2.24) is 0 Å². The molecule has 1 aliphatic heterocycles. The Labute approximate surface area is 301 Å². The van der Waals surface area contributed by atoms with E-state index in [2.05, 4.69) is 5.32 Å². The highest BCUT2D eigenvalue weighted by Crippen LogP contribution is 2.44. The van der Waals surface area contributed by atoms with E-state index in [1.54, 1.807) is 56.3 Å². The van der Waals surface area contributed by atoms with E-state index in [1.165, 1.54) is 13.0 Å². The molecule has 0 atom stereocenters. The van der Waals surface area contributed by atoms with E-state index in [1.807, 2.05) is 32.9 Å². The van der Waals surface area contributed by atoms with Gasteiger partial charge >= 0.3 is 0 Å². The van der Waals surface area contributed by atoms with E-state index in [-0.39, 0.29) is 32.9 Å². The van der Waals surface area contributed by atoms with Gasteiger partial charge in [0.15, 0.2) is 0 Å². The summed E-state index contributed by atoms with van der Waals surface area (Å²) < 4.78 is 110. The zero-order chi connectivity index (χ0) is 38.1. The van der Waals surface area contributed by atoms with Gasteiger partial charge in [0.1, 0.15) is 21.1 Å². The lowest BCUT2D eigenvalue weighted by molar-refractivity contribution is 0.478. The summed E-state index contributed by atoms with van der Waals surface area (Å²) in [6, 6.07) is 18.5. The van der Waals surface area contributed by atoms with Gasteiger partial charge in [-0.3, -0.25) is 13.7 Å². The van der Waals surface area contributed by atoms with Crippen molar-refractivity contribution in [2.45, 2.75) is 56.2 Å². The molecule has 12 nitrogen and oxygen atoms in total. The van der Waals surface area contributed by atoms with Crippen molar-refractivity contribution in [3.8, 4) is 22.5 Å². The predicted octanol–water partition coefficient (Wildman–Crippen LogP) is 7.77. The average Bonchev–Trinajstić information content (AvgIpc) is 3.01. The molecule has 1 aliphatic carbocycles. The highest BCUT2D eigenvalue weighted by molar-refractivity contribution is 7.86. The van der Waals surface area contributed by atoms with Gasteiger partial charge in [-0.25, -0.2) is 4.99 Å². The molecule has 15 heteroatoms. The van der Waals surface area contributed by atoms with Crippen molar-refractivity contribution in [1.29, 1.82) is 0 Å². The molecule has 4 aromatic rings. The largest absolute Gasteiger partial charge is 0.456 e. The third-order valence-corrected chi connectivity index (χ3v) is 11.7. The molecule has 4 aromatic carbocycles. The molecular weight excluding hydrogens is 729 g/mol. The summed E-state index contributed by atoms with van der Waals surface area (Å²) in [6.07, 6.45) is 0. The number of nitrogens with one attached hydrogen (secondary N) is 1. The highest BCUT2D eigenvalue weighted by atomic mass is 32.2. The summed E-state index contributed by atoms with van der Waals surface area (Å²) in [5, 5.41) is 4.17. The lowest BCUT2D eigenvalue weighted by Crippen LogP contribution is -2.08. The molecule has 2 aliphatic rings. The van der Waals surface area contributed by atoms with Crippen LogP contribution in [0.25, 0.3) is 33.4 Å². The summed E-state index contributed by atoms with van der Waals surface area (Å²) >= 11 is 0. The molecule has 0 saturated heterocycles. The fourth-order valence-electron chi connectivity index (χ4n) is 6.78. The van der Waals surface area contributed by atoms with Gasteiger partial charge in [0.2, 0.25) is 0 Å². The van der Waals surface area contributed by atoms with Crippen LogP contribution in [0, 0.1) is 41.5 Å². The van der Waals surface area contributed by atoms with Gasteiger partial charge in [0.25, 0.3) is 30.4 Å². The maximum Gasteiger partial charge on any atom is 0.295 e. The number of anilines is 2. The number of benzene rings is 5. The maximum atomic E-state index is 12.7. The molecule has 52 heavy (non-hydrogen) atoms. The predicted molar refractivity (Wildman–Crippen MR) is 198 cm³/mol. The first-order valence-corrected chi connectivity index (χ1v) is 20.0. The SMILES string of the molecule is Cc1cc(C)c(Nc2ccc3c(-c4ccc(S(=O)(=O)O)cc4S(=O)(=O)O)c4cc/c(=N\c5c(C)cc(C)c(S(=O)(=O)O)c5C)cc-4oc3c2)c(C)c1. The first-order valence-electron chi connectivity index (χ1n) is 15.7. The number of rotatable bonds is 7. The summed E-state index contributed by atoms with van der Waals surface area (Å²) in [5.41, 5.74) is 7.03. The number of aryl methyl sites for hydroxylation is 5. The van der Waals surface area contributed by atoms with Crippen molar-refractivity contribution >= 4 is 58.4 Å². The van der Waals surface area contributed by atoms with E-state index < -0.39 is 40.1 Å². The normalized spacial score (nSPS) is 12.9. The quantitative estimate of drug-likeness (QED) is 0.0914. The molecule has 270 valence electrons. The van der Waals surface area contributed by atoms with Gasteiger partial charge in [0.05, 0.1) is 15.9 Å². The molecule has 0 unspecified atom stereocenters. The fraction of sp³-hybridized carbons (Fsp3) is 0.162. The monoisotopic (exact) mass is 762 g/mol. The molecule has 4 N–H and O–H groups in total. The Morgan fingerprint density at radius 2 is 1.29 bits per heavy atom. The van der Waals surface area contributed by atoms with Gasteiger partial charge < -0.3 is 9.73 Å². The highest BCUT2D eigenvalue weighted by Gasteiger charge is 2.27. The second-order valence-electron chi connectivity index (χ2n) is 12.8. The van der Waals surface area contributed by atoms with Gasteiger partial charge in [0, 0.05) is 45.6 Å². The van der Waals surface area contributed by atoms with E-state index in [0.29, 0.717) is 44.9 Å². The minimum absolute atomic E-state index is 0.0701. The van der Waals surface area contributed by atoms with Gasteiger partial charge in [-0.2, -0.15) is 25.3 Å². The van der Waals surface area contributed by atoms with Crippen LogP contribution in [0.4, 0.5) is 17.1 Å². The summed E-state index contributed by atoms with van der Waals surface area (Å²) in [4.78, 5) is 2.96. The van der Waals surface area contributed by atoms with Crippen LogP contribution in [0.3, 0.4) is 0 Å². The molecule has 0 radical (unpaired) electrons. The van der Waals surface area contributed by atoms with Crippen LogP contribution in [0.2, 0.25) is 0 Å². The number of hydrogen-bond acceptors (Lipinski definition) is 9. The Kier molecular flexibility index (Phi) is 9.18. The van der Waals surface area contributed by atoms with Gasteiger partial charge in [-0.15, -0.1) is 0 Å². The lowest BCUT2D eigenvalue weighted by Gasteiger charge is -2.19. The minimum atomic E-state index is -5.05. The molecular formula is C37H34N2O10S3. The van der Waals surface area contributed by atoms with Crippen molar-refractivity contribution in [2.24, 2.45) is 4.99 Å². The molecule has 0 bridgehead atoms. The minimum Gasteiger partial charge on any atom is -0.456 e. The Morgan fingerprint density at radius 3 is 1.90 bits per heavy atom. The topological polar surface area (TPSA) is 201 Å².